The molecule has 0 aromatic heterocycles. The van der Waals surface area contributed by atoms with Gasteiger partial charge in [-0.1, -0.05) is 6.92 Å². The van der Waals surface area contributed by atoms with Crippen LogP contribution in [0.15, 0.2) is 17.0 Å². The summed E-state index contributed by atoms with van der Waals surface area (Å²) < 4.78 is 41.6. The van der Waals surface area contributed by atoms with Crippen molar-refractivity contribution in [1.82, 2.24) is 4.90 Å². The Labute approximate surface area is 128 Å². The second kappa shape index (κ2) is 6.62. The Hall–Kier alpha value is -1.34. The molecule has 5 nitrogen and oxygen atoms in total. The third kappa shape index (κ3) is 3.85. The number of carbonyl (C=O) groups excluding carboxylic acids is 1. The maximum Gasteiger partial charge on any atom is 0.265 e. The Kier molecular flexibility index (Phi) is 5.58. The number of halogens is 2. The molecule has 0 saturated carbocycles. The zero-order chi connectivity index (χ0) is 16.4. The maximum atomic E-state index is 13.9. The van der Waals surface area contributed by atoms with Crippen LogP contribution in [0.25, 0.3) is 0 Å². The maximum absolute atomic E-state index is 13.9. The number of hydrogen-bond donors (Lipinski definition) is 0. The van der Waals surface area contributed by atoms with Crippen LogP contribution in [0.2, 0.25) is 0 Å². The lowest BCUT2D eigenvalue weighted by Gasteiger charge is -2.24. The van der Waals surface area contributed by atoms with Gasteiger partial charge < -0.3 is 9.64 Å². The first kappa shape index (κ1) is 17.7. The van der Waals surface area contributed by atoms with Crippen molar-refractivity contribution in [2.45, 2.75) is 31.2 Å². The Morgan fingerprint density at radius 1 is 1.48 bits per heavy atom. The highest BCUT2D eigenvalue weighted by molar-refractivity contribution is 8.13. The molecule has 1 unspecified atom stereocenters. The van der Waals surface area contributed by atoms with Gasteiger partial charge in [0.25, 0.3) is 15.0 Å². The van der Waals surface area contributed by atoms with Gasteiger partial charge in [0.2, 0.25) is 0 Å². The first-order chi connectivity index (χ1) is 9.63. The molecule has 0 heterocycles. The smallest absolute Gasteiger partial charge is 0.265 e. The molecule has 1 aromatic rings. The molecule has 0 aliphatic rings. The van der Waals surface area contributed by atoms with Gasteiger partial charge in [-0.25, -0.2) is 12.8 Å². The summed E-state index contributed by atoms with van der Waals surface area (Å²) in [4.78, 5) is 13.1. The minimum Gasteiger partial charge on any atom is -0.492 e. The highest BCUT2D eigenvalue weighted by atomic mass is 35.7. The number of amides is 1. The van der Waals surface area contributed by atoms with Crippen LogP contribution in [-0.4, -0.2) is 39.4 Å². The summed E-state index contributed by atoms with van der Waals surface area (Å²) in [6.45, 7) is 3.73. The number of nitrogens with zero attached hydrogens (tertiary/aromatic N) is 1. The van der Waals surface area contributed by atoms with Gasteiger partial charge in [0.15, 0.2) is 11.6 Å². The van der Waals surface area contributed by atoms with Gasteiger partial charge in [0.1, 0.15) is 4.90 Å². The first-order valence-electron chi connectivity index (χ1n) is 6.22. The fourth-order valence-electron chi connectivity index (χ4n) is 1.75. The van der Waals surface area contributed by atoms with E-state index in [0.29, 0.717) is 6.42 Å². The molecule has 8 heteroatoms. The van der Waals surface area contributed by atoms with Crippen LogP contribution in [0.1, 0.15) is 30.6 Å². The molecular formula is C13H17ClFNO4S. The Bertz CT molecular complexity index is 648. The van der Waals surface area contributed by atoms with Gasteiger partial charge in [0, 0.05) is 29.3 Å². The van der Waals surface area contributed by atoms with Crippen LogP contribution in [0.3, 0.4) is 0 Å². The van der Waals surface area contributed by atoms with E-state index >= 15 is 0 Å². The second-order valence-corrected chi connectivity index (χ2v) is 7.13. The molecule has 0 N–H and O–H groups in total. The average Bonchev–Trinajstić information content (AvgIpc) is 2.42. The molecule has 0 aliphatic carbocycles. The molecule has 21 heavy (non-hydrogen) atoms. The van der Waals surface area contributed by atoms with Crippen molar-refractivity contribution < 1.29 is 22.3 Å². The van der Waals surface area contributed by atoms with Crippen LogP contribution in [-0.2, 0) is 9.05 Å². The number of methoxy groups -OCH3 is 1. The summed E-state index contributed by atoms with van der Waals surface area (Å²) >= 11 is 0. The molecule has 0 aliphatic heterocycles. The van der Waals surface area contributed by atoms with Crippen molar-refractivity contribution in [1.29, 1.82) is 0 Å². The van der Waals surface area contributed by atoms with E-state index in [9.17, 15) is 17.6 Å². The SMILES string of the molecule is CCC(C)N(C)C(=O)c1cc(F)c(OC)c(S(=O)(=O)Cl)c1. The van der Waals surface area contributed by atoms with Crippen molar-refractivity contribution in [3.63, 3.8) is 0 Å². The summed E-state index contributed by atoms with van der Waals surface area (Å²) in [6, 6.07) is 1.88. The van der Waals surface area contributed by atoms with Crippen LogP contribution < -0.4 is 4.74 Å². The fourth-order valence-corrected chi connectivity index (χ4v) is 2.76. The number of rotatable bonds is 5. The highest BCUT2D eigenvalue weighted by Gasteiger charge is 2.25. The minimum absolute atomic E-state index is 0.0706. The first-order valence-corrected chi connectivity index (χ1v) is 8.53. The van der Waals surface area contributed by atoms with Crippen molar-refractivity contribution in [2.75, 3.05) is 14.2 Å². The Morgan fingerprint density at radius 2 is 2.05 bits per heavy atom. The summed E-state index contributed by atoms with van der Waals surface area (Å²) in [5.41, 5.74) is -0.102. The highest BCUT2D eigenvalue weighted by Crippen LogP contribution is 2.31. The van der Waals surface area contributed by atoms with Crippen LogP contribution in [0.5, 0.6) is 5.75 Å². The van der Waals surface area contributed by atoms with Gasteiger partial charge in [0.05, 0.1) is 7.11 Å². The zero-order valence-electron chi connectivity index (χ0n) is 12.2. The Morgan fingerprint density at radius 3 is 2.48 bits per heavy atom. The Balaban J connectivity index is 3.41. The van der Waals surface area contributed by atoms with Crippen LogP contribution in [0, 0.1) is 5.82 Å². The van der Waals surface area contributed by atoms with Crippen molar-refractivity contribution in [3.8, 4) is 5.75 Å². The number of carbonyl (C=O) groups is 1. The van der Waals surface area contributed by atoms with Gasteiger partial charge in [-0.2, -0.15) is 0 Å². The molecule has 0 saturated heterocycles. The third-order valence-electron chi connectivity index (χ3n) is 3.30. The fraction of sp³-hybridized carbons (Fsp3) is 0.462. The monoisotopic (exact) mass is 337 g/mol. The van der Waals surface area contributed by atoms with E-state index in [2.05, 4.69) is 0 Å². The lowest BCUT2D eigenvalue weighted by atomic mass is 10.1. The average molecular weight is 338 g/mol. The largest absolute Gasteiger partial charge is 0.492 e. The minimum atomic E-state index is -4.24. The number of hydrogen-bond acceptors (Lipinski definition) is 4. The van der Waals surface area contributed by atoms with Crippen molar-refractivity contribution >= 4 is 25.6 Å². The van der Waals surface area contributed by atoms with Gasteiger partial charge >= 0.3 is 0 Å². The summed E-state index contributed by atoms with van der Waals surface area (Å²) in [5, 5.41) is 0. The molecule has 1 aromatic carbocycles. The summed E-state index contributed by atoms with van der Waals surface area (Å²) in [5.74, 6) is -1.96. The van der Waals surface area contributed by atoms with E-state index in [4.69, 9.17) is 15.4 Å². The van der Waals surface area contributed by atoms with E-state index in [1.807, 2.05) is 13.8 Å². The van der Waals surface area contributed by atoms with Gasteiger partial charge in [-0.15, -0.1) is 0 Å². The molecule has 0 spiro atoms. The normalized spacial score (nSPS) is 12.9. The molecule has 1 rings (SSSR count). The lowest BCUT2D eigenvalue weighted by Crippen LogP contribution is -2.34. The number of ether oxygens (including phenoxy) is 1. The molecule has 118 valence electrons. The van der Waals surface area contributed by atoms with E-state index in [1.165, 1.54) is 4.90 Å². The zero-order valence-corrected chi connectivity index (χ0v) is 13.8. The topological polar surface area (TPSA) is 63.7 Å². The summed E-state index contributed by atoms with van der Waals surface area (Å²) in [7, 11) is 3.71. The third-order valence-corrected chi connectivity index (χ3v) is 4.62. The van der Waals surface area contributed by atoms with E-state index in [-0.39, 0.29) is 11.6 Å². The predicted molar refractivity (Wildman–Crippen MR) is 77.8 cm³/mol. The lowest BCUT2D eigenvalue weighted by molar-refractivity contribution is 0.0739. The van der Waals surface area contributed by atoms with Gasteiger partial charge in [-0.3, -0.25) is 4.79 Å². The van der Waals surface area contributed by atoms with Crippen LogP contribution >= 0.6 is 10.7 Å². The molecule has 1 atom stereocenters. The molecule has 0 radical (unpaired) electrons. The van der Waals surface area contributed by atoms with E-state index in [1.54, 1.807) is 7.05 Å². The molecule has 1 amide bonds. The molecular weight excluding hydrogens is 321 g/mol. The van der Waals surface area contributed by atoms with Crippen molar-refractivity contribution in [3.05, 3.63) is 23.5 Å². The quantitative estimate of drug-likeness (QED) is 0.775. The standard InChI is InChI=1S/C13H17ClFNO4S/c1-5-8(2)16(3)13(17)9-6-10(15)12(20-4)11(7-9)21(14,18)19/h6-8H,5H2,1-4H3. The van der Waals surface area contributed by atoms with Crippen LogP contribution in [0.4, 0.5) is 4.39 Å². The van der Waals surface area contributed by atoms with E-state index in [0.717, 1.165) is 19.2 Å². The predicted octanol–water partition coefficient (Wildman–Crippen LogP) is 2.63. The second-order valence-electron chi connectivity index (χ2n) is 4.60. The summed E-state index contributed by atoms with van der Waals surface area (Å²) in [6.07, 6.45) is 0.710. The molecule has 0 bridgehead atoms. The molecule has 0 fully saturated rings. The van der Waals surface area contributed by atoms with E-state index < -0.39 is 31.4 Å². The van der Waals surface area contributed by atoms with Gasteiger partial charge in [-0.05, 0) is 25.5 Å². The van der Waals surface area contributed by atoms with Crippen molar-refractivity contribution in [2.24, 2.45) is 0 Å². The number of benzene rings is 1.